The number of ether oxygens (including phenoxy) is 2. The van der Waals surface area contributed by atoms with E-state index in [1.165, 1.54) is 16.0 Å². The lowest BCUT2D eigenvalue weighted by Gasteiger charge is -2.03. The first-order chi connectivity index (χ1) is 29.9. The summed E-state index contributed by atoms with van der Waals surface area (Å²) in [5.41, 5.74) is 18.1. The first-order valence-corrected chi connectivity index (χ1v) is 19.2. The molecule has 0 saturated heterocycles. The number of nitrogen functional groups attached to an aromatic ring is 1. The molecule has 0 unspecified atom stereocenters. The van der Waals surface area contributed by atoms with Crippen molar-refractivity contribution >= 4 is 56.8 Å². The van der Waals surface area contributed by atoms with Crippen molar-refractivity contribution in [1.29, 1.82) is 0 Å². The highest BCUT2D eigenvalue weighted by Crippen LogP contribution is 2.35. The number of H-pyrrole nitrogens is 2. The van der Waals surface area contributed by atoms with Crippen LogP contribution in [0, 0.1) is 13.8 Å². The molecule has 4 aromatic carbocycles. The average molecular weight is 885 g/mol. The van der Waals surface area contributed by atoms with Gasteiger partial charge in [-0.15, -0.1) is 0 Å². The van der Waals surface area contributed by atoms with Crippen LogP contribution in [-0.2, 0) is 4.79 Å². The number of anilines is 1. The van der Waals surface area contributed by atoms with Crippen LogP contribution in [0.4, 0.5) is 5.82 Å². The maximum Gasteiger partial charge on any atom is 0.287 e. The Morgan fingerprint density at radius 2 is 1.03 bits per heavy atom. The van der Waals surface area contributed by atoms with Gasteiger partial charge in [0.1, 0.15) is 33.6 Å². The van der Waals surface area contributed by atoms with Crippen LogP contribution in [-0.4, -0.2) is 59.3 Å². The zero-order valence-electron chi connectivity index (χ0n) is 33.8. The number of primary amides is 1. The normalized spacial score (nSPS) is 10.7. The number of halogens is 1. The van der Waals surface area contributed by atoms with Crippen LogP contribution >= 0.6 is 11.6 Å². The van der Waals surface area contributed by atoms with Gasteiger partial charge in [-0.1, -0.05) is 99.3 Å². The molecule has 18 heteroatoms. The second kappa shape index (κ2) is 18.4. The van der Waals surface area contributed by atoms with Crippen LogP contribution in [0.5, 0.6) is 11.5 Å². The molecule has 328 valence electrons. The third-order valence-electron chi connectivity index (χ3n) is 9.66. The summed E-state index contributed by atoms with van der Waals surface area (Å²) in [6.07, 6.45) is 0. The van der Waals surface area contributed by atoms with Gasteiger partial charge in [0.2, 0.25) is 17.7 Å². The lowest BCUT2D eigenvalue weighted by Crippen LogP contribution is -2.20. The van der Waals surface area contributed by atoms with E-state index < -0.39 is 5.56 Å². The number of aromatic amines is 2. The summed E-state index contributed by atoms with van der Waals surface area (Å²) in [7, 11) is 3.10. The highest BCUT2D eigenvalue weighted by molar-refractivity contribution is 6.32. The quantitative estimate of drug-likeness (QED) is 0.115. The first-order valence-electron chi connectivity index (χ1n) is 18.9. The number of methoxy groups -OCH3 is 2. The van der Waals surface area contributed by atoms with Crippen molar-refractivity contribution in [3.8, 4) is 56.7 Å². The van der Waals surface area contributed by atoms with Gasteiger partial charge in [0, 0.05) is 29.4 Å². The van der Waals surface area contributed by atoms with E-state index >= 15 is 0 Å². The topological polar surface area (TPSA) is 240 Å². The molecule has 6 aromatic heterocycles. The van der Waals surface area contributed by atoms with Gasteiger partial charge in [0.05, 0.1) is 14.2 Å². The van der Waals surface area contributed by atoms with Crippen LogP contribution in [0.15, 0.2) is 115 Å². The number of para-hydroxylation sites is 2. The first kappa shape index (κ1) is 45.3. The summed E-state index contributed by atoms with van der Waals surface area (Å²) < 4.78 is 24.9. The zero-order valence-corrected chi connectivity index (χ0v) is 34.6. The minimum Gasteiger partial charge on any atom is -0.494 e. The van der Waals surface area contributed by atoms with Crippen LogP contribution in [0.2, 0.25) is 5.15 Å². The lowest BCUT2D eigenvalue weighted by atomic mass is 10.1. The van der Waals surface area contributed by atoms with E-state index in [9.17, 15) is 14.4 Å². The Balaban J connectivity index is 0.000000191. The Kier molecular flexibility index (Phi) is 13.1. The lowest BCUT2D eigenvalue weighted by molar-refractivity contribution is -0.115. The van der Waals surface area contributed by atoms with Crippen LogP contribution in [0.25, 0.3) is 78.7 Å². The van der Waals surface area contributed by atoms with E-state index in [1.54, 1.807) is 50.6 Å². The van der Waals surface area contributed by atoms with E-state index in [1.807, 2.05) is 74.5 Å². The van der Waals surface area contributed by atoms with Gasteiger partial charge < -0.3 is 29.8 Å². The number of nitrogens with one attached hydrogen (secondary N) is 2. The van der Waals surface area contributed by atoms with Gasteiger partial charge in [-0.2, -0.15) is 4.52 Å². The molecule has 0 aliphatic carbocycles. The minimum atomic E-state index is -0.393. The summed E-state index contributed by atoms with van der Waals surface area (Å²) in [5.74, 6) is 1.01. The van der Waals surface area contributed by atoms with Crippen molar-refractivity contribution in [2.45, 2.75) is 35.6 Å². The molecule has 10 aromatic rings. The zero-order chi connectivity index (χ0) is 43.8. The van der Waals surface area contributed by atoms with Crippen molar-refractivity contribution in [2.75, 3.05) is 20.0 Å². The molecule has 0 aliphatic rings. The number of nitrogens with two attached hydrogens (primary N) is 2. The summed E-state index contributed by atoms with van der Waals surface area (Å²) in [4.78, 5) is 53.6. The highest BCUT2D eigenvalue weighted by Gasteiger charge is 2.25. The molecule has 0 bridgehead atoms. The van der Waals surface area contributed by atoms with Crippen molar-refractivity contribution in [1.82, 2.24) is 39.2 Å². The third-order valence-corrected chi connectivity index (χ3v) is 9.94. The molecule has 0 fully saturated rings. The molecule has 6 N–H and O–H groups in total. The predicted molar refractivity (Wildman–Crippen MR) is 249 cm³/mol. The maximum atomic E-state index is 13.3. The molecule has 0 atom stereocenters. The second-order valence-electron chi connectivity index (χ2n) is 13.8. The largest absolute Gasteiger partial charge is 0.494 e. The Morgan fingerprint density at radius 3 is 1.47 bits per heavy atom. The third kappa shape index (κ3) is 8.14. The SMILES string of the molecule is C.C.CC(N)=O.COc1cccc2oc(-c3c(Cl)nc4c(-c5ccccc5)c(C)[nH]n4c3=O)nc12.COc1cccc2oc(-c3c(N)nc4c(-c5ccccc5)c(C)[nH]n4c3=O)nc12. The number of fused-ring (bicyclic) bond motifs is 4. The number of rotatable bonds is 6. The molecular weight excluding hydrogens is 840 g/mol. The number of oxazole rings is 2. The molecule has 64 heavy (non-hydrogen) atoms. The Bertz CT molecular complexity index is 3200. The highest BCUT2D eigenvalue weighted by atomic mass is 35.5. The maximum absolute atomic E-state index is 13.3. The molecule has 0 radical (unpaired) electrons. The molecule has 10 rings (SSSR count). The van der Waals surface area contributed by atoms with Crippen LogP contribution < -0.4 is 32.1 Å². The molecule has 0 spiro atoms. The van der Waals surface area contributed by atoms with Crippen molar-refractivity contribution in [3.63, 3.8) is 0 Å². The number of aryl methyl sites for hydroxylation is 2. The van der Waals surface area contributed by atoms with Crippen molar-refractivity contribution in [2.24, 2.45) is 5.73 Å². The van der Waals surface area contributed by atoms with Gasteiger partial charge in [-0.3, -0.25) is 24.6 Å². The number of hydrogen-bond donors (Lipinski definition) is 4. The minimum absolute atomic E-state index is 0. The van der Waals surface area contributed by atoms with Gasteiger partial charge in [0.15, 0.2) is 33.5 Å². The van der Waals surface area contributed by atoms with Crippen molar-refractivity contribution < 1.29 is 23.1 Å². The Morgan fingerprint density at radius 1 is 0.625 bits per heavy atom. The van der Waals surface area contributed by atoms with E-state index in [-0.39, 0.29) is 60.2 Å². The molecule has 0 saturated carbocycles. The van der Waals surface area contributed by atoms with Gasteiger partial charge in [-0.25, -0.2) is 24.5 Å². The summed E-state index contributed by atoms with van der Waals surface area (Å²) in [5, 5.41) is 6.18. The summed E-state index contributed by atoms with van der Waals surface area (Å²) in [6, 6.07) is 30.0. The number of carbonyl (C=O) groups is 1. The molecular formula is C46H45ClN10O7. The number of carbonyl (C=O) groups excluding carboxylic acids is 1. The summed E-state index contributed by atoms with van der Waals surface area (Å²) >= 11 is 6.44. The summed E-state index contributed by atoms with van der Waals surface area (Å²) in [6.45, 7) is 5.07. The van der Waals surface area contributed by atoms with Crippen LogP contribution in [0.3, 0.4) is 0 Å². The number of amides is 1. The van der Waals surface area contributed by atoms with Gasteiger partial charge in [0.25, 0.3) is 11.1 Å². The van der Waals surface area contributed by atoms with Gasteiger partial charge in [-0.05, 0) is 49.2 Å². The fourth-order valence-electron chi connectivity index (χ4n) is 7.03. The second-order valence-corrected chi connectivity index (χ2v) is 14.2. The van der Waals surface area contributed by atoms with E-state index in [0.29, 0.717) is 45.0 Å². The number of hydrogen-bond acceptors (Lipinski definition) is 12. The predicted octanol–water partition coefficient (Wildman–Crippen LogP) is 8.63. The number of nitrogens with zero attached hydrogens (tertiary/aromatic N) is 6. The monoisotopic (exact) mass is 884 g/mol. The number of aromatic nitrogens is 8. The van der Waals surface area contributed by atoms with E-state index in [0.717, 1.165) is 33.6 Å². The number of benzene rings is 4. The Hall–Kier alpha value is -8.18. The standard InChI is InChI=1S/C21H15ClN4O3.C21H17N5O3.C2H5NO.2CH4/c2*1-11-15(12-7-4-3-5-8-12)19-24-18(22)16(21(27)26(19)25-11)20-23-17-13(28-2)9-6-10-14(17)29-20;1-2(3)4;;/h3-10,25H,1-2H3;3-10,25H,22H2,1-2H3;1H3,(H2,3,4);2*1H4. The Labute approximate surface area is 370 Å². The molecule has 6 heterocycles. The van der Waals surface area contributed by atoms with E-state index in [4.69, 9.17) is 35.6 Å². The molecule has 0 aliphatic heterocycles. The van der Waals surface area contributed by atoms with Gasteiger partial charge >= 0.3 is 0 Å². The molecule has 1 amide bonds. The van der Waals surface area contributed by atoms with Crippen molar-refractivity contribution in [3.05, 3.63) is 134 Å². The fourth-order valence-corrected chi connectivity index (χ4v) is 7.27. The van der Waals surface area contributed by atoms with E-state index in [2.05, 4.69) is 35.9 Å². The average Bonchev–Trinajstić information content (AvgIpc) is 4.04. The van der Waals surface area contributed by atoms with Crippen LogP contribution in [0.1, 0.15) is 33.2 Å². The fraction of sp³-hybridized carbons (Fsp3) is 0.152. The molecule has 17 nitrogen and oxygen atoms in total. The smallest absolute Gasteiger partial charge is 0.287 e.